The van der Waals surface area contributed by atoms with Crippen molar-refractivity contribution in [2.75, 3.05) is 18.8 Å². The second-order valence-corrected chi connectivity index (χ2v) is 7.78. The van der Waals surface area contributed by atoms with Crippen LogP contribution in [0, 0.1) is 5.92 Å². The third kappa shape index (κ3) is 3.45. The molecule has 2 rings (SSSR count). The molecular weight excluding hydrogens is 248 g/mol. The highest BCUT2D eigenvalue weighted by atomic mass is 32.2. The number of rotatable bonds is 6. The first-order chi connectivity index (χ1) is 8.63. The summed E-state index contributed by atoms with van der Waals surface area (Å²) in [7, 11) is -3.05. The van der Waals surface area contributed by atoms with Crippen molar-refractivity contribution in [3.63, 3.8) is 0 Å². The molecule has 5 heteroatoms. The standard InChI is InChI=1S/C13H26N2O2S/c14-9-7-13-6-1-2-10-15(13)18(16,17)11-8-12-4-3-5-12/h12-13H,1-11,14H2. The lowest BCUT2D eigenvalue weighted by Gasteiger charge is -2.35. The van der Waals surface area contributed by atoms with Crippen LogP contribution < -0.4 is 5.73 Å². The van der Waals surface area contributed by atoms with E-state index in [1.165, 1.54) is 19.3 Å². The van der Waals surface area contributed by atoms with Crippen LogP contribution in [0.25, 0.3) is 0 Å². The van der Waals surface area contributed by atoms with E-state index in [1.54, 1.807) is 4.31 Å². The molecule has 4 nitrogen and oxygen atoms in total. The molecule has 1 aliphatic heterocycles. The highest BCUT2D eigenvalue weighted by molar-refractivity contribution is 7.89. The predicted octanol–water partition coefficient (Wildman–Crippen LogP) is 1.71. The van der Waals surface area contributed by atoms with Gasteiger partial charge >= 0.3 is 0 Å². The van der Waals surface area contributed by atoms with Gasteiger partial charge in [-0.25, -0.2) is 8.42 Å². The average molecular weight is 274 g/mol. The first kappa shape index (κ1) is 14.3. The number of nitrogens with two attached hydrogens (primary N) is 1. The van der Waals surface area contributed by atoms with Crippen molar-refractivity contribution in [3.05, 3.63) is 0 Å². The zero-order valence-corrected chi connectivity index (χ0v) is 12.0. The molecule has 1 unspecified atom stereocenters. The smallest absolute Gasteiger partial charge is 0.214 e. The fourth-order valence-corrected chi connectivity index (χ4v) is 4.97. The summed E-state index contributed by atoms with van der Waals surface area (Å²) in [6.07, 6.45) is 8.52. The summed E-state index contributed by atoms with van der Waals surface area (Å²) in [5, 5.41) is 0. The maximum Gasteiger partial charge on any atom is 0.214 e. The SMILES string of the molecule is NCCC1CCCCN1S(=O)(=O)CCC1CCC1. The van der Waals surface area contributed by atoms with Crippen LogP contribution in [0.5, 0.6) is 0 Å². The Morgan fingerprint density at radius 1 is 1.06 bits per heavy atom. The van der Waals surface area contributed by atoms with Gasteiger partial charge in [-0.3, -0.25) is 0 Å². The topological polar surface area (TPSA) is 63.4 Å². The van der Waals surface area contributed by atoms with Gasteiger partial charge in [-0.15, -0.1) is 0 Å². The van der Waals surface area contributed by atoms with E-state index in [2.05, 4.69) is 0 Å². The van der Waals surface area contributed by atoms with Crippen LogP contribution in [-0.2, 0) is 10.0 Å². The summed E-state index contributed by atoms with van der Waals surface area (Å²) in [5.41, 5.74) is 5.60. The molecule has 2 aliphatic rings. The molecule has 18 heavy (non-hydrogen) atoms. The van der Waals surface area contributed by atoms with Crippen molar-refractivity contribution in [1.29, 1.82) is 0 Å². The second kappa shape index (κ2) is 6.35. The minimum absolute atomic E-state index is 0.162. The van der Waals surface area contributed by atoms with Crippen molar-refractivity contribution in [1.82, 2.24) is 4.31 Å². The fourth-order valence-electron chi connectivity index (χ4n) is 3.04. The molecule has 1 atom stereocenters. The van der Waals surface area contributed by atoms with Crippen molar-refractivity contribution < 1.29 is 8.42 Å². The lowest BCUT2D eigenvalue weighted by molar-refractivity contribution is 0.240. The largest absolute Gasteiger partial charge is 0.330 e. The number of hydrogen-bond donors (Lipinski definition) is 1. The van der Waals surface area contributed by atoms with Gasteiger partial charge in [-0.1, -0.05) is 25.7 Å². The summed E-state index contributed by atoms with van der Waals surface area (Å²) >= 11 is 0. The van der Waals surface area contributed by atoms with Gasteiger partial charge in [0.1, 0.15) is 0 Å². The van der Waals surface area contributed by atoms with Gasteiger partial charge in [0.2, 0.25) is 10.0 Å². The van der Waals surface area contributed by atoms with Gasteiger partial charge in [0.05, 0.1) is 5.75 Å². The Hall–Kier alpha value is -0.130. The van der Waals surface area contributed by atoms with Crippen molar-refractivity contribution in [3.8, 4) is 0 Å². The Morgan fingerprint density at radius 3 is 2.44 bits per heavy atom. The van der Waals surface area contributed by atoms with Gasteiger partial charge in [-0.2, -0.15) is 4.31 Å². The minimum Gasteiger partial charge on any atom is -0.330 e. The van der Waals surface area contributed by atoms with Crippen LogP contribution in [0.3, 0.4) is 0 Å². The van der Waals surface area contributed by atoms with E-state index in [1.807, 2.05) is 0 Å². The highest BCUT2D eigenvalue weighted by Crippen LogP contribution is 2.31. The lowest BCUT2D eigenvalue weighted by Crippen LogP contribution is -2.45. The van der Waals surface area contributed by atoms with E-state index < -0.39 is 10.0 Å². The van der Waals surface area contributed by atoms with E-state index in [0.717, 1.165) is 32.1 Å². The van der Waals surface area contributed by atoms with Gasteiger partial charge < -0.3 is 5.73 Å². The van der Waals surface area contributed by atoms with Crippen LogP contribution in [-0.4, -0.2) is 37.6 Å². The first-order valence-electron chi connectivity index (χ1n) is 7.33. The van der Waals surface area contributed by atoms with Crippen LogP contribution in [0.1, 0.15) is 51.4 Å². The molecule has 1 heterocycles. The summed E-state index contributed by atoms with van der Waals surface area (Å²) in [5.74, 6) is 1.01. The van der Waals surface area contributed by atoms with E-state index in [-0.39, 0.29) is 6.04 Å². The molecule has 0 aromatic heterocycles. The van der Waals surface area contributed by atoms with Gasteiger partial charge in [0.25, 0.3) is 0 Å². The monoisotopic (exact) mass is 274 g/mol. The molecule has 1 saturated heterocycles. The molecule has 0 aromatic carbocycles. The number of piperidine rings is 1. The van der Waals surface area contributed by atoms with Crippen LogP contribution in [0.15, 0.2) is 0 Å². The molecule has 1 saturated carbocycles. The Morgan fingerprint density at radius 2 is 1.83 bits per heavy atom. The molecule has 0 spiro atoms. The third-order valence-corrected chi connectivity index (χ3v) is 6.39. The Bertz CT molecular complexity index is 350. The molecule has 0 radical (unpaired) electrons. The van der Waals surface area contributed by atoms with E-state index in [9.17, 15) is 8.42 Å². The van der Waals surface area contributed by atoms with Crippen molar-refractivity contribution in [2.45, 2.75) is 57.4 Å². The number of sulfonamides is 1. The summed E-state index contributed by atoms with van der Waals surface area (Å²) in [6.45, 7) is 1.29. The lowest BCUT2D eigenvalue weighted by atomic mass is 9.84. The molecule has 2 N–H and O–H groups in total. The zero-order valence-electron chi connectivity index (χ0n) is 11.2. The van der Waals surface area contributed by atoms with Crippen molar-refractivity contribution in [2.24, 2.45) is 11.7 Å². The first-order valence-corrected chi connectivity index (χ1v) is 8.94. The quantitative estimate of drug-likeness (QED) is 0.802. The van der Waals surface area contributed by atoms with Gasteiger partial charge in [0.15, 0.2) is 0 Å². The van der Waals surface area contributed by atoms with Gasteiger partial charge in [-0.05, 0) is 38.1 Å². The fraction of sp³-hybridized carbons (Fsp3) is 1.00. The summed E-state index contributed by atoms with van der Waals surface area (Å²) in [4.78, 5) is 0. The molecule has 1 aliphatic carbocycles. The van der Waals surface area contributed by atoms with Crippen LogP contribution >= 0.6 is 0 Å². The molecule has 0 aromatic rings. The normalized spacial score (nSPS) is 27.1. The Balaban J connectivity index is 1.92. The highest BCUT2D eigenvalue weighted by Gasteiger charge is 2.32. The van der Waals surface area contributed by atoms with Crippen LogP contribution in [0.4, 0.5) is 0 Å². The second-order valence-electron chi connectivity index (χ2n) is 5.74. The predicted molar refractivity (Wildman–Crippen MR) is 73.8 cm³/mol. The molecular formula is C13H26N2O2S. The summed E-state index contributed by atoms with van der Waals surface area (Å²) < 4.78 is 26.6. The van der Waals surface area contributed by atoms with Crippen LogP contribution in [0.2, 0.25) is 0 Å². The molecule has 0 bridgehead atoms. The third-order valence-electron chi connectivity index (χ3n) is 4.44. The average Bonchev–Trinajstić information content (AvgIpc) is 2.28. The number of nitrogens with zero attached hydrogens (tertiary/aromatic N) is 1. The number of hydrogen-bond acceptors (Lipinski definition) is 3. The minimum atomic E-state index is -3.05. The van der Waals surface area contributed by atoms with E-state index in [4.69, 9.17) is 5.73 Å². The molecule has 106 valence electrons. The Kier molecular flexibility index (Phi) is 5.04. The maximum atomic E-state index is 12.4. The molecule has 2 fully saturated rings. The molecule has 0 amide bonds. The van der Waals surface area contributed by atoms with E-state index in [0.29, 0.717) is 24.8 Å². The zero-order chi connectivity index (χ0) is 13.0. The summed E-state index contributed by atoms with van der Waals surface area (Å²) in [6, 6.07) is 0.162. The van der Waals surface area contributed by atoms with Gasteiger partial charge in [0, 0.05) is 12.6 Å². The Labute approximate surface area is 111 Å². The van der Waals surface area contributed by atoms with E-state index >= 15 is 0 Å². The maximum absolute atomic E-state index is 12.4. The van der Waals surface area contributed by atoms with Crippen molar-refractivity contribution >= 4 is 10.0 Å².